The number of hydrogen-bond donors (Lipinski definition) is 0. The standard InChI is InChI=1S/C84H94B2N2/c1-77(2,3)47-39-57(79(7,8)9)69(58(40-47)80(10,11)12)53-43-51-49-31-29-37-67-75(49)86(62-34-26-28-36-66(62)87(67)83(19,20)21)64-46-56-54(70-59(81(13,14)15)41-48(78(4,5)6)42-60(70)82(16,17)18)44-52-50-32-30-38-68-76(50)85(61-33-25-27-35-65(61)88(68)84(22,23)24)63-45-55(53)73(71(51)64)74(56)72(52)63/h25-46H,1-24H3. The van der Waals surface area contributed by atoms with Crippen molar-refractivity contribution in [2.45, 2.75) is 210 Å². The molecule has 88 heavy (non-hydrogen) atoms. The number of fused-ring (bicyclic) bond motifs is 8. The lowest BCUT2D eigenvalue weighted by Gasteiger charge is -2.47. The summed E-state index contributed by atoms with van der Waals surface area (Å²) in [6.45, 7) is 58.3. The topological polar surface area (TPSA) is 6.48 Å². The highest BCUT2D eigenvalue weighted by atomic mass is 15.2. The quantitative estimate of drug-likeness (QED) is 0.126. The second-order valence-electron chi connectivity index (χ2n) is 35.3. The van der Waals surface area contributed by atoms with Gasteiger partial charge in [-0.2, -0.15) is 0 Å². The monoisotopic (exact) mass is 1150 g/mol. The zero-order valence-electron chi connectivity index (χ0n) is 57.8. The van der Waals surface area contributed by atoms with Crippen molar-refractivity contribution in [3.8, 4) is 44.5 Å². The summed E-state index contributed by atoms with van der Waals surface area (Å²) >= 11 is 0. The van der Waals surface area contributed by atoms with Gasteiger partial charge >= 0.3 is 0 Å². The molecule has 446 valence electrons. The van der Waals surface area contributed by atoms with Gasteiger partial charge in [0.05, 0.1) is 0 Å². The van der Waals surface area contributed by atoms with E-state index in [2.05, 4.69) is 309 Å². The Kier molecular flexibility index (Phi) is 12.2. The molecular formula is C84H94B2N2. The van der Waals surface area contributed by atoms with Gasteiger partial charge in [-0.3, -0.25) is 0 Å². The lowest BCUT2D eigenvalue weighted by atomic mass is 9.31. The first-order valence-electron chi connectivity index (χ1n) is 33.1. The van der Waals surface area contributed by atoms with Crippen LogP contribution >= 0.6 is 0 Å². The molecule has 0 unspecified atom stereocenters. The van der Waals surface area contributed by atoms with E-state index >= 15 is 0 Å². The summed E-state index contributed by atoms with van der Waals surface area (Å²) in [5, 5.41) is 8.37. The minimum Gasteiger partial charge on any atom is -0.337 e. The summed E-state index contributed by atoms with van der Waals surface area (Å²) in [5.74, 6) is 0. The molecule has 4 heterocycles. The van der Waals surface area contributed by atoms with Gasteiger partial charge in [0.15, 0.2) is 0 Å². The maximum absolute atomic E-state index is 2.77. The molecule has 0 spiro atoms. The van der Waals surface area contributed by atoms with Crippen molar-refractivity contribution >= 4 is 101 Å². The summed E-state index contributed by atoms with van der Waals surface area (Å²) in [4.78, 5) is 5.32. The van der Waals surface area contributed by atoms with Gasteiger partial charge in [0, 0.05) is 33.8 Å². The molecule has 4 aliphatic rings. The van der Waals surface area contributed by atoms with Gasteiger partial charge in [-0.1, -0.05) is 233 Å². The van der Waals surface area contributed by atoms with E-state index in [9.17, 15) is 0 Å². The fourth-order valence-electron chi connectivity index (χ4n) is 16.8. The first kappa shape index (κ1) is 58.6. The van der Waals surface area contributed by atoms with Crippen molar-refractivity contribution in [3.05, 3.63) is 167 Å². The van der Waals surface area contributed by atoms with Gasteiger partial charge in [0.25, 0.3) is 0 Å². The van der Waals surface area contributed by atoms with E-state index in [1.807, 2.05) is 0 Å². The lowest BCUT2D eigenvalue weighted by Crippen LogP contribution is -2.62. The normalized spacial score (nSPS) is 15.0. The summed E-state index contributed by atoms with van der Waals surface area (Å²) in [6, 6.07) is 54.9. The predicted molar refractivity (Wildman–Crippen MR) is 390 cm³/mol. The SMILES string of the molecule is CC(C)(C)c1cc(C(C)(C)C)c(-c2cc3c4c(cc5c(-c6c(C(C)(C)C)cc(C(C)(C)C)cc6C(C)(C)C)cc6c7c(cc2c4c57)B2c4ccccc4N(C(C)(C)C)c4cccc-6c42)B2c4ccccc4N(C(C)(C)C)c4cccc-3c42)c(C(C)(C)C)c1. The smallest absolute Gasteiger partial charge is 0.248 e. The summed E-state index contributed by atoms with van der Waals surface area (Å²) < 4.78 is 0. The van der Waals surface area contributed by atoms with E-state index in [0.717, 1.165) is 0 Å². The van der Waals surface area contributed by atoms with Crippen LogP contribution in [0, 0.1) is 0 Å². The summed E-state index contributed by atoms with van der Waals surface area (Å²) in [5.41, 5.74) is 31.8. The molecule has 10 aromatic rings. The third kappa shape index (κ3) is 8.41. The molecule has 0 aliphatic carbocycles. The van der Waals surface area contributed by atoms with Crippen LogP contribution < -0.4 is 42.6 Å². The fourth-order valence-corrected chi connectivity index (χ4v) is 16.8. The van der Waals surface area contributed by atoms with Crippen LogP contribution in [0.15, 0.2) is 133 Å². The Balaban J connectivity index is 1.31. The molecule has 0 N–H and O–H groups in total. The predicted octanol–water partition coefficient (Wildman–Crippen LogP) is 19.2. The highest BCUT2D eigenvalue weighted by Crippen LogP contribution is 2.56. The number of nitrogens with zero attached hydrogens (tertiary/aromatic N) is 2. The molecule has 4 heteroatoms. The Labute approximate surface area is 529 Å². The Morgan fingerprint density at radius 2 is 0.568 bits per heavy atom. The van der Waals surface area contributed by atoms with Crippen LogP contribution in [0.2, 0.25) is 0 Å². The molecule has 0 saturated heterocycles. The van der Waals surface area contributed by atoms with Crippen LogP contribution in [0.1, 0.15) is 200 Å². The third-order valence-corrected chi connectivity index (χ3v) is 20.7. The van der Waals surface area contributed by atoms with Gasteiger partial charge in [-0.25, -0.2) is 0 Å². The molecule has 0 amide bonds. The minimum atomic E-state index is -0.194. The molecule has 0 fully saturated rings. The molecule has 4 aliphatic heterocycles. The number of anilines is 4. The second kappa shape index (κ2) is 18.3. The summed E-state index contributed by atoms with van der Waals surface area (Å²) in [6.07, 6.45) is 0. The molecule has 2 nitrogen and oxygen atoms in total. The van der Waals surface area contributed by atoms with E-state index in [1.54, 1.807) is 0 Å². The highest BCUT2D eigenvalue weighted by Gasteiger charge is 2.48. The zero-order chi connectivity index (χ0) is 63.2. The first-order valence-corrected chi connectivity index (χ1v) is 33.1. The van der Waals surface area contributed by atoms with Gasteiger partial charge in [0.2, 0.25) is 13.4 Å². The molecule has 0 radical (unpaired) electrons. The van der Waals surface area contributed by atoms with Crippen molar-refractivity contribution in [2.75, 3.05) is 9.80 Å². The summed E-state index contributed by atoms with van der Waals surface area (Å²) in [7, 11) is 0. The average molecular weight is 1150 g/mol. The first-order chi connectivity index (χ1) is 40.8. The molecule has 0 atom stereocenters. The van der Waals surface area contributed by atoms with Crippen molar-refractivity contribution in [1.29, 1.82) is 0 Å². The van der Waals surface area contributed by atoms with Gasteiger partial charge in [-0.15, -0.1) is 0 Å². The Hall–Kier alpha value is -7.03. The van der Waals surface area contributed by atoms with Crippen molar-refractivity contribution in [1.82, 2.24) is 0 Å². The van der Waals surface area contributed by atoms with Gasteiger partial charge in [0.1, 0.15) is 0 Å². The Morgan fingerprint density at radius 3 is 0.864 bits per heavy atom. The van der Waals surface area contributed by atoms with Crippen LogP contribution in [0.4, 0.5) is 22.7 Å². The fraction of sp³-hybridized carbons (Fsp3) is 0.381. The van der Waals surface area contributed by atoms with Crippen molar-refractivity contribution < 1.29 is 0 Å². The number of rotatable bonds is 2. The Morgan fingerprint density at radius 1 is 0.261 bits per heavy atom. The third-order valence-electron chi connectivity index (χ3n) is 20.7. The van der Waals surface area contributed by atoms with E-state index in [1.165, 1.54) is 166 Å². The zero-order valence-corrected chi connectivity index (χ0v) is 57.8. The molecule has 14 rings (SSSR count). The van der Waals surface area contributed by atoms with E-state index in [4.69, 9.17) is 0 Å². The maximum atomic E-state index is 2.77. The molecule has 10 aromatic carbocycles. The van der Waals surface area contributed by atoms with Crippen molar-refractivity contribution in [2.24, 2.45) is 0 Å². The molecular weight excluding hydrogens is 1060 g/mol. The molecule has 0 bridgehead atoms. The largest absolute Gasteiger partial charge is 0.337 e. The molecule has 0 saturated carbocycles. The minimum absolute atomic E-state index is 0.00322. The highest BCUT2D eigenvalue weighted by molar-refractivity contribution is 7.02. The average Bonchev–Trinajstić information content (AvgIpc) is 0.667. The van der Waals surface area contributed by atoms with E-state index in [-0.39, 0.29) is 57.0 Å². The number of para-hydroxylation sites is 2. The number of benzene rings is 10. The maximum Gasteiger partial charge on any atom is 0.248 e. The van der Waals surface area contributed by atoms with Crippen LogP contribution in [0.25, 0.3) is 76.8 Å². The van der Waals surface area contributed by atoms with Gasteiger partial charge < -0.3 is 9.80 Å². The van der Waals surface area contributed by atoms with E-state index in [0.29, 0.717) is 0 Å². The van der Waals surface area contributed by atoms with Crippen LogP contribution in [0.3, 0.4) is 0 Å². The lowest BCUT2D eigenvalue weighted by molar-refractivity contribution is 0.550. The van der Waals surface area contributed by atoms with E-state index < -0.39 is 0 Å². The molecule has 0 aromatic heterocycles. The van der Waals surface area contributed by atoms with Crippen LogP contribution in [0.5, 0.6) is 0 Å². The van der Waals surface area contributed by atoms with Crippen LogP contribution in [-0.4, -0.2) is 24.5 Å². The van der Waals surface area contributed by atoms with Crippen LogP contribution in [-0.2, 0) is 32.5 Å². The number of hydrogen-bond acceptors (Lipinski definition) is 2. The second-order valence-corrected chi connectivity index (χ2v) is 35.3. The Bertz CT molecular complexity index is 4280. The van der Waals surface area contributed by atoms with Crippen molar-refractivity contribution in [3.63, 3.8) is 0 Å². The van der Waals surface area contributed by atoms with Gasteiger partial charge in [-0.05, 0) is 242 Å².